The third-order valence-corrected chi connectivity index (χ3v) is 2.86. The van der Waals surface area contributed by atoms with Crippen LogP contribution in [0, 0.1) is 13.8 Å². The maximum Gasteiger partial charge on any atom is 0.255 e. The molecule has 0 aromatic heterocycles. The number of nitrogen functional groups attached to an aromatic ring is 1. The average Bonchev–Trinajstić information content (AvgIpc) is 2.32. The molecule has 0 radical (unpaired) electrons. The molecule has 4 nitrogen and oxygen atoms in total. The van der Waals surface area contributed by atoms with Crippen molar-refractivity contribution in [3.8, 4) is 0 Å². The second-order valence-corrected chi connectivity index (χ2v) is 4.39. The van der Waals surface area contributed by atoms with Crippen molar-refractivity contribution in [1.29, 1.82) is 0 Å². The highest BCUT2D eigenvalue weighted by molar-refractivity contribution is 5.96. The molecular weight excluding hydrogens is 254 g/mol. The van der Waals surface area contributed by atoms with E-state index in [0.29, 0.717) is 11.3 Å². The van der Waals surface area contributed by atoms with Crippen molar-refractivity contribution in [2.75, 3.05) is 25.4 Å². The summed E-state index contributed by atoms with van der Waals surface area (Å²) in [6.07, 6.45) is -2.64. The molecule has 0 fully saturated rings. The first kappa shape index (κ1) is 15.4. The van der Waals surface area contributed by atoms with Gasteiger partial charge in [-0.1, -0.05) is 6.07 Å². The second-order valence-electron chi connectivity index (χ2n) is 4.39. The minimum Gasteiger partial charge on any atom is -0.398 e. The number of hydrogen-bond donors (Lipinski definition) is 2. The van der Waals surface area contributed by atoms with E-state index in [1.165, 1.54) is 6.07 Å². The summed E-state index contributed by atoms with van der Waals surface area (Å²) in [5.74, 6) is -0.543. The van der Waals surface area contributed by atoms with E-state index in [2.05, 4.69) is 0 Å². The summed E-state index contributed by atoms with van der Waals surface area (Å²) in [5.41, 5.74) is 7.97. The molecule has 19 heavy (non-hydrogen) atoms. The Morgan fingerprint density at radius 1 is 1.37 bits per heavy atom. The van der Waals surface area contributed by atoms with Crippen molar-refractivity contribution in [1.82, 2.24) is 4.90 Å². The standard InChI is InChI=1S/C13H18F2N2O2/c1-8-5-9(2)11(16)6-10(8)13(19)17(3-4-18)7-12(14)15/h5-6,12,18H,3-4,7,16H2,1-2H3. The fraction of sp³-hybridized carbons (Fsp3) is 0.462. The summed E-state index contributed by atoms with van der Waals surface area (Å²) in [7, 11) is 0. The highest BCUT2D eigenvalue weighted by Gasteiger charge is 2.21. The Morgan fingerprint density at radius 3 is 2.53 bits per heavy atom. The van der Waals surface area contributed by atoms with Crippen molar-refractivity contribution in [2.45, 2.75) is 20.3 Å². The number of halogens is 2. The molecule has 0 spiro atoms. The molecule has 0 heterocycles. The number of carbonyl (C=O) groups excluding carboxylic acids is 1. The topological polar surface area (TPSA) is 66.6 Å². The van der Waals surface area contributed by atoms with Gasteiger partial charge < -0.3 is 15.7 Å². The van der Waals surface area contributed by atoms with Gasteiger partial charge in [0.1, 0.15) is 0 Å². The van der Waals surface area contributed by atoms with Crippen LogP contribution in [0.4, 0.5) is 14.5 Å². The monoisotopic (exact) mass is 272 g/mol. The molecule has 0 bridgehead atoms. The van der Waals surface area contributed by atoms with Crippen molar-refractivity contribution in [3.63, 3.8) is 0 Å². The molecule has 1 rings (SSSR count). The van der Waals surface area contributed by atoms with Gasteiger partial charge in [0.05, 0.1) is 13.2 Å². The number of carbonyl (C=O) groups is 1. The molecule has 1 aromatic rings. The van der Waals surface area contributed by atoms with Gasteiger partial charge in [-0.15, -0.1) is 0 Å². The van der Waals surface area contributed by atoms with Gasteiger partial charge in [0.2, 0.25) is 0 Å². The van der Waals surface area contributed by atoms with Crippen LogP contribution >= 0.6 is 0 Å². The van der Waals surface area contributed by atoms with E-state index in [0.717, 1.165) is 10.5 Å². The first-order valence-electron chi connectivity index (χ1n) is 5.91. The maximum absolute atomic E-state index is 12.4. The molecule has 6 heteroatoms. The Labute approximate surface area is 110 Å². The van der Waals surface area contributed by atoms with E-state index in [1.54, 1.807) is 19.9 Å². The molecule has 106 valence electrons. The number of amides is 1. The lowest BCUT2D eigenvalue weighted by atomic mass is 10.0. The van der Waals surface area contributed by atoms with Crippen LogP contribution in [0.25, 0.3) is 0 Å². The zero-order valence-electron chi connectivity index (χ0n) is 11.0. The van der Waals surface area contributed by atoms with E-state index in [4.69, 9.17) is 10.8 Å². The van der Waals surface area contributed by atoms with Crippen molar-refractivity contribution < 1.29 is 18.7 Å². The summed E-state index contributed by atoms with van der Waals surface area (Å²) in [6.45, 7) is 2.34. The third-order valence-electron chi connectivity index (χ3n) is 2.86. The molecule has 0 atom stereocenters. The van der Waals surface area contributed by atoms with Crippen LogP contribution < -0.4 is 5.73 Å². The molecule has 3 N–H and O–H groups in total. The van der Waals surface area contributed by atoms with Crippen LogP contribution in [-0.2, 0) is 0 Å². The molecule has 0 aliphatic carbocycles. The van der Waals surface area contributed by atoms with E-state index >= 15 is 0 Å². The number of benzene rings is 1. The predicted octanol–water partition coefficient (Wildman–Crippen LogP) is 1.59. The van der Waals surface area contributed by atoms with Gasteiger partial charge in [-0.05, 0) is 31.0 Å². The Balaban J connectivity index is 3.05. The van der Waals surface area contributed by atoms with Crippen LogP contribution in [-0.4, -0.2) is 42.0 Å². The molecule has 0 saturated heterocycles. The fourth-order valence-electron chi connectivity index (χ4n) is 1.83. The van der Waals surface area contributed by atoms with Crippen LogP contribution in [0.2, 0.25) is 0 Å². The Bertz CT molecular complexity index is 464. The van der Waals surface area contributed by atoms with Gasteiger partial charge in [-0.25, -0.2) is 8.78 Å². The molecule has 0 unspecified atom stereocenters. The van der Waals surface area contributed by atoms with Crippen LogP contribution in [0.1, 0.15) is 21.5 Å². The summed E-state index contributed by atoms with van der Waals surface area (Å²) < 4.78 is 24.9. The molecule has 1 amide bonds. The summed E-state index contributed by atoms with van der Waals surface area (Å²) >= 11 is 0. The maximum atomic E-state index is 12.4. The number of anilines is 1. The van der Waals surface area contributed by atoms with E-state index in [9.17, 15) is 13.6 Å². The van der Waals surface area contributed by atoms with Crippen molar-refractivity contribution >= 4 is 11.6 Å². The van der Waals surface area contributed by atoms with Gasteiger partial charge in [-0.3, -0.25) is 4.79 Å². The van der Waals surface area contributed by atoms with Gasteiger partial charge in [0.15, 0.2) is 0 Å². The minimum atomic E-state index is -2.64. The molecule has 1 aromatic carbocycles. The third kappa shape index (κ3) is 3.89. The predicted molar refractivity (Wildman–Crippen MR) is 69.3 cm³/mol. The van der Waals surface area contributed by atoms with Crippen LogP contribution in [0.5, 0.6) is 0 Å². The average molecular weight is 272 g/mol. The fourth-order valence-corrected chi connectivity index (χ4v) is 1.83. The summed E-state index contributed by atoms with van der Waals surface area (Å²) in [6, 6.07) is 3.23. The Morgan fingerprint density at radius 2 is 2.00 bits per heavy atom. The van der Waals surface area contributed by atoms with E-state index < -0.39 is 18.9 Å². The number of aliphatic hydroxyl groups is 1. The van der Waals surface area contributed by atoms with Gasteiger partial charge in [0.25, 0.3) is 12.3 Å². The molecule has 0 aliphatic rings. The Kier molecular flexibility index (Phi) is 5.23. The first-order chi connectivity index (χ1) is 8.86. The molecule has 0 saturated carbocycles. The number of alkyl halides is 2. The second kappa shape index (κ2) is 6.47. The molecular formula is C13H18F2N2O2. The zero-order valence-corrected chi connectivity index (χ0v) is 11.0. The zero-order chi connectivity index (χ0) is 14.6. The number of hydrogen-bond acceptors (Lipinski definition) is 3. The lowest BCUT2D eigenvalue weighted by molar-refractivity contribution is 0.0508. The van der Waals surface area contributed by atoms with E-state index in [-0.39, 0.29) is 18.7 Å². The van der Waals surface area contributed by atoms with Crippen LogP contribution in [0.15, 0.2) is 12.1 Å². The van der Waals surface area contributed by atoms with Gasteiger partial charge in [0, 0.05) is 17.8 Å². The van der Waals surface area contributed by atoms with Crippen molar-refractivity contribution in [2.24, 2.45) is 0 Å². The number of nitrogens with zero attached hydrogens (tertiary/aromatic N) is 1. The quantitative estimate of drug-likeness (QED) is 0.800. The highest BCUT2D eigenvalue weighted by Crippen LogP contribution is 2.19. The largest absolute Gasteiger partial charge is 0.398 e. The summed E-state index contributed by atoms with van der Waals surface area (Å²) in [5, 5.41) is 8.85. The first-order valence-corrected chi connectivity index (χ1v) is 5.91. The minimum absolute atomic E-state index is 0.129. The Hall–Kier alpha value is -1.69. The number of nitrogens with two attached hydrogens (primary N) is 1. The van der Waals surface area contributed by atoms with Crippen LogP contribution in [0.3, 0.4) is 0 Å². The highest BCUT2D eigenvalue weighted by atomic mass is 19.3. The number of aliphatic hydroxyl groups excluding tert-OH is 1. The SMILES string of the molecule is Cc1cc(C)c(C(=O)N(CCO)CC(F)F)cc1N. The van der Waals surface area contributed by atoms with Crippen molar-refractivity contribution in [3.05, 3.63) is 28.8 Å². The van der Waals surface area contributed by atoms with Gasteiger partial charge in [-0.2, -0.15) is 0 Å². The van der Waals surface area contributed by atoms with E-state index in [1.807, 2.05) is 0 Å². The number of rotatable bonds is 5. The normalized spacial score (nSPS) is 10.8. The lowest BCUT2D eigenvalue weighted by Crippen LogP contribution is -2.37. The smallest absolute Gasteiger partial charge is 0.255 e. The number of aryl methyl sites for hydroxylation is 2. The summed E-state index contributed by atoms with van der Waals surface area (Å²) in [4.78, 5) is 13.1. The lowest BCUT2D eigenvalue weighted by Gasteiger charge is -2.22. The van der Waals surface area contributed by atoms with Gasteiger partial charge >= 0.3 is 0 Å². The molecule has 0 aliphatic heterocycles.